The van der Waals surface area contributed by atoms with E-state index >= 15 is 0 Å². The summed E-state index contributed by atoms with van der Waals surface area (Å²) in [5, 5.41) is 0. The van der Waals surface area contributed by atoms with E-state index in [0.29, 0.717) is 0 Å². The molecule has 2 heteroatoms. The lowest BCUT2D eigenvalue weighted by atomic mass is 9.80. The fraction of sp³-hybridized carbons (Fsp3) is 0.0909. The van der Waals surface area contributed by atoms with Crippen LogP contribution in [0.25, 0.3) is 5.70 Å². The largest absolute Gasteiger partial charge is 0.311 e. The van der Waals surface area contributed by atoms with Crippen LogP contribution in [0.3, 0.4) is 0 Å². The van der Waals surface area contributed by atoms with E-state index in [1.54, 1.807) is 0 Å². The van der Waals surface area contributed by atoms with Crippen molar-refractivity contribution in [3.05, 3.63) is 109 Å². The molecule has 0 saturated heterocycles. The third kappa shape index (κ3) is 3.43. The van der Waals surface area contributed by atoms with E-state index in [1.807, 2.05) is 48.6 Å². The zero-order chi connectivity index (χ0) is 16.9. The second-order valence-electron chi connectivity index (χ2n) is 5.85. The molecule has 1 unspecified atom stereocenters. The fourth-order valence-electron chi connectivity index (χ4n) is 2.79. The van der Waals surface area contributed by atoms with Crippen molar-refractivity contribution in [1.29, 1.82) is 0 Å². The normalized spacial score (nSPS) is 16.3. The zero-order valence-corrected chi connectivity index (χ0v) is 13.7. The molecule has 0 fully saturated rings. The molecule has 116 valence electrons. The Morgan fingerprint density at radius 1 is 0.917 bits per heavy atom. The Morgan fingerprint density at radius 3 is 2.12 bits per heavy atom. The summed E-state index contributed by atoms with van der Waals surface area (Å²) in [4.78, 5) is 2.10. The summed E-state index contributed by atoms with van der Waals surface area (Å²) in [7, 11) is 5.94. The maximum atomic E-state index is 5.94. The van der Waals surface area contributed by atoms with Crippen molar-refractivity contribution in [2.45, 2.75) is 12.2 Å². The number of nitrogens with zero attached hydrogens (tertiary/aromatic N) is 1. The van der Waals surface area contributed by atoms with Crippen LogP contribution in [0.1, 0.15) is 12.0 Å². The number of hydrogen-bond acceptors (Lipinski definition) is 1. The van der Waals surface area contributed by atoms with Crippen molar-refractivity contribution in [2.75, 3.05) is 4.90 Å². The van der Waals surface area contributed by atoms with Crippen LogP contribution in [0.15, 0.2) is 103 Å². The van der Waals surface area contributed by atoms with Crippen LogP contribution in [0.4, 0.5) is 5.69 Å². The van der Waals surface area contributed by atoms with Gasteiger partial charge in [-0.05, 0) is 29.7 Å². The molecule has 0 aromatic heterocycles. The highest BCUT2D eigenvalue weighted by atomic mass is 15.2. The van der Waals surface area contributed by atoms with Crippen molar-refractivity contribution in [2.24, 2.45) is 0 Å². The molecular formula is C22H20BN. The van der Waals surface area contributed by atoms with E-state index in [-0.39, 0.29) is 5.82 Å². The minimum Gasteiger partial charge on any atom is -0.311 e. The Bertz CT molecular complexity index is 787. The Morgan fingerprint density at radius 2 is 1.54 bits per heavy atom. The van der Waals surface area contributed by atoms with Gasteiger partial charge in [-0.1, -0.05) is 85.7 Å². The average molecular weight is 309 g/mol. The summed E-state index contributed by atoms with van der Waals surface area (Å²) >= 11 is 0. The van der Waals surface area contributed by atoms with E-state index < -0.39 is 0 Å². The molecule has 0 heterocycles. The van der Waals surface area contributed by atoms with Crippen molar-refractivity contribution < 1.29 is 0 Å². The van der Waals surface area contributed by atoms with Crippen molar-refractivity contribution in [3.8, 4) is 0 Å². The van der Waals surface area contributed by atoms with Gasteiger partial charge in [0.15, 0.2) is 0 Å². The predicted molar refractivity (Wildman–Crippen MR) is 105 cm³/mol. The number of para-hydroxylation sites is 1. The summed E-state index contributed by atoms with van der Waals surface area (Å²) in [6.07, 6.45) is 7.03. The summed E-state index contributed by atoms with van der Waals surface area (Å²) in [5.74, 6) is 0.0871. The van der Waals surface area contributed by atoms with Gasteiger partial charge in [0.05, 0.1) is 7.85 Å². The van der Waals surface area contributed by atoms with Gasteiger partial charge in [0, 0.05) is 17.1 Å². The number of allylic oxidation sites excluding steroid dienone is 3. The third-order valence-electron chi connectivity index (χ3n) is 4.13. The van der Waals surface area contributed by atoms with Gasteiger partial charge in [0.25, 0.3) is 0 Å². The van der Waals surface area contributed by atoms with Gasteiger partial charge < -0.3 is 4.90 Å². The first kappa shape index (κ1) is 16.1. The maximum Gasteiger partial charge on any atom is 0.0759 e. The monoisotopic (exact) mass is 309 g/mol. The second kappa shape index (κ2) is 7.22. The summed E-state index contributed by atoms with van der Waals surface area (Å²) in [6, 6.07) is 20.4. The van der Waals surface area contributed by atoms with Gasteiger partial charge in [-0.15, -0.1) is 0 Å². The standard InChI is InChI=1S/C22H20BN/c1-17(19-9-5-3-6-10-19)24(22-11-7-4-8-12-22)18(2)20-13-15-21(23)16-14-20/h3-15,21H,1-2,16H2. The molecule has 1 aliphatic rings. The Kier molecular flexibility index (Phi) is 4.86. The van der Waals surface area contributed by atoms with Gasteiger partial charge >= 0.3 is 0 Å². The van der Waals surface area contributed by atoms with Crippen LogP contribution >= 0.6 is 0 Å². The highest BCUT2D eigenvalue weighted by Gasteiger charge is 2.18. The van der Waals surface area contributed by atoms with Crippen LogP contribution in [0, 0.1) is 0 Å². The minimum atomic E-state index is 0.0871. The van der Waals surface area contributed by atoms with Crippen molar-refractivity contribution in [1.82, 2.24) is 0 Å². The van der Waals surface area contributed by atoms with Gasteiger partial charge in [0.1, 0.15) is 0 Å². The van der Waals surface area contributed by atoms with Crippen molar-refractivity contribution in [3.63, 3.8) is 0 Å². The first-order chi connectivity index (χ1) is 11.7. The van der Waals surface area contributed by atoms with Gasteiger partial charge in [-0.3, -0.25) is 0 Å². The third-order valence-corrected chi connectivity index (χ3v) is 4.13. The molecule has 2 radical (unpaired) electrons. The van der Waals surface area contributed by atoms with E-state index in [4.69, 9.17) is 7.85 Å². The lowest BCUT2D eigenvalue weighted by Crippen LogP contribution is -2.21. The number of hydrogen-bond donors (Lipinski definition) is 0. The molecule has 0 bridgehead atoms. The Hall–Kier alpha value is -2.74. The molecule has 0 spiro atoms. The van der Waals surface area contributed by atoms with Crippen LogP contribution in [-0.4, -0.2) is 7.85 Å². The first-order valence-electron chi connectivity index (χ1n) is 8.09. The zero-order valence-electron chi connectivity index (χ0n) is 13.7. The van der Waals surface area contributed by atoms with E-state index in [0.717, 1.165) is 34.6 Å². The second-order valence-corrected chi connectivity index (χ2v) is 5.85. The smallest absolute Gasteiger partial charge is 0.0759 e. The molecular weight excluding hydrogens is 289 g/mol. The summed E-state index contributed by atoms with van der Waals surface area (Å²) in [6.45, 7) is 8.65. The molecule has 0 aliphatic heterocycles. The topological polar surface area (TPSA) is 3.24 Å². The number of rotatable bonds is 5. The maximum absolute atomic E-state index is 5.94. The molecule has 1 nitrogen and oxygen atoms in total. The van der Waals surface area contributed by atoms with E-state index in [9.17, 15) is 0 Å². The number of anilines is 1. The molecule has 0 N–H and O–H groups in total. The highest BCUT2D eigenvalue weighted by molar-refractivity contribution is 6.13. The molecule has 0 saturated carbocycles. The molecule has 0 amide bonds. The SMILES string of the molecule is [B]C1C=CC(C(=C)N(C(=C)c2ccccc2)c2ccccc2)=CC1. The lowest BCUT2D eigenvalue weighted by molar-refractivity contribution is 1.00. The predicted octanol–water partition coefficient (Wildman–Crippen LogP) is 5.52. The first-order valence-corrected chi connectivity index (χ1v) is 8.09. The van der Waals surface area contributed by atoms with Gasteiger partial charge in [0.2, 0.25) is 0 Å². The van der Waals surface area contributed by atoms with Crippen LogP contribution in [-0.2, 0) is 0 Å². The molecule has 24 heavy (non-hydrogen) atoms. The summed E-state index contributed by atoms with van der Waals surface area (Å²) < 4.78 is 0. The van der Waals surface area contributed by atoms with Gasteiger partial charge in [-0.2, -0.15) is 0 Å². The lowest BCUT2D eigenvalue weighted by Gasteiger charge is -2.30. The van der Waals surface area contributed by atoms with E-state index in [1.165, 1.54) is 0 Å². The Labute approximate surface area is 145 Å². The quantitative estimate of drug-likeness (QED) is 0.657. The summed E-state index contributed by atoms with van der Waals surface area (Å²) in [5.41, 5.74) is 4.99. The van der Waals surface area contributed by atoms with Gasteiger partial charge in [-0.25, -0.2) is 0 Å². The Balaban J connectivity index is 1.99. The minimum absolute atomic E-state index is 0.0871. The van der Waals surface area contributed by atoms with Crippen LogP contribution < -0.4 is 4.90 Å². The highest BCUT2D eigenvalue weighted by Crippen LogP contribution is 2.33. The van der Waals surface area contributed by atoms with E-state index in [2.05, 4.69) is 48.4 Å². The van der Waals surface area contributed by atoms with Crippen LogP contribution in [0.2, 0.25) is 5.82 Å². The molecule has 1 aliphatic carbocycles. The molecule has 2 aromatic rings. The van der Waals surface area contributed by atoms with Crippen molar-refractivity contribution >= 4 is 19.2 Å². The molecule has 1 atom stereocenters. The van der Waals surface area contributed by atoms with Crippen LogP contribution in [0.5, 0.6) is 0 Å². The molecule has 3 rings (SSSR count). The number of benzene rings is 2. The molecule has 2 aromatic carbocycles. The fourth-order valence-corrected chi connectivity index (χ4v) is 2.79. The average Bonchev–Trinajstić information content (AvgIpc) is 2.64.